The van der Waals surface area contributed by atoms with Crippen LogP contribution in [0.1, 0.15) is 5.56 Å². The molecule has 3 aromatic carbocycles. The molecule has 0 spiro atoms. The van der Waals surface area contributed by atoms with Crippen LogP contribution in [0.15, 0.2) is 65.8 Å². The monoisotopic (exact) mass is 388 g/mol. The summed E-state index contributed by atoms with van der Waals surface area (Å²) in [6.45, 7) is -3.39. The Balaban J connectivity index is 1.70. The summed E-state index contributed by atoms with van der Waals surface area (Å²) in [6, 6.07) is 15.5. The number of nitrogens with zero attached hydrogens (tertiary/aromatic N) is 1. The van der Waals surface area contributed by atoms with Crippen LogP contribution >= 0.6 is 0 Å². The second kappa shape index (κ2) is 8.90. The van der Waals surface area contributed by atoms with Gasteiger partial charge in [-0.25, -0.2) is 9.82 Å². The molecule has 0 fully saturated rings. The van der Waals surface area contributed by atoms with Crippen LogP contribution in [-0.2, 0) is 4.79 Å². The molecule has 1 N–H and O–H groups in total. The second-order valence-corrected chi connectivity index (χ2v) is 5.62. The van der Waals surface area contributed by atoms with Gasteiger partial charge in [0.25, 0.3) is 5.91 Å². The van der Waals surface area contributed by atoms with Crippen molar-refractivity contribution in [1.82, 2.24) is 5.43 Å². The van der Waals surface area contributed by atoms with Crippen LogP contribution < -0.4 is 14.9 Å². The minimum atomic E-state index is -3.00. The Morgan fingerprint density at radius 3 is 2.71 bits per heavy atom. The standard InChI is InChI=1S/C20H15F3N2O3/c21-14-5-3-6-15(10-14)27-12-19(26)25-24-11-17-16-7-2-1-4-13(16)8-9-18(17)28-20(22)23/h1-11,20H,12H2,(H,25,26)/b24-11-. The highest BCUT2D eigenvalue weighted by molar-refractivity contribution is 6.02. The first-order valence-electron chi connectivity index (χ1n) is 8.20. The second-order valence-electron chi connectivity index (χ2n) is 5.62. The van der Waals surface area contributed by atoms with Crippen LogP contribution in [0, 0.1) is 5.82 Å². The number of carbonyl (C=O) groups is 1. The van der Waals surface area contributed by atoms with Crippen molar-refractivity contribution in [3.05, 3.63) is 72.0 Å². The van der Waals surface area contributed by atoms with Gasteiger partial charge in [-0.3, -0.25) is 4.79 Å². The van der Waals surface area contributed by atoms with Gasteiger partial charge in [-0.2, -0.15) is 13.9 Å². The van der Waals surface area contributed by atoms with Crippen LogP contribution in [0.3, 0.4) is 0 Å². The van der Waals surface area contributed by atoms with Crippen molar-refractivity contribution in [2.45, 2.75) is 6.61 Å². The fourth-order valence-corrected chi connectivity index (χ4v) is 2.51. The highest BCUT2D eigenvalue weighted by Gasteiger charge is 2.12. The normalized spacial score (nSPS) is 11.1. The number of hydrazone groups is 1. The SMILES string of the molecule is O=C(COc1cccc(F)c1)N/N=C\c1c(OC(F)F)ccc2ccccc12. The number of nitrogens with one attached hydrogen (secondary N) is 1. The number of hydrogen-bond donors (Lipinski definition) is 1. The average molecular weight is 388 g/mol. The van der Waals surface area contributed by atoms with Crippen molar-refractivity contribution >= 4 is 22.9 Å². The van der Waals surface area contributed by atoms with Gasteiger partial charge in [0.2, 0.25) is 0 Å². The first kappa shape index (κ1) is 19.2. The number of benzene rings is 3. The molecule has 0 saturated carbocycles. The van der Waals surface area contributed by atoms with Crippen LogP contribution in [0.5, 0.6) is 11.5 Å². The number of fused-ring (bicyclic) bond motifs is 1. The van der Waals surface area contributed by atoms with E-state index in [1.54, 1.807) is 18.2 Å². The zero-order valence-corrected chi connectivity index (χ0v) is 14.4. The van der Waals surface area contributed by atoms with Crippen molar-refractivity contribution in [2.24, 2.45) is 5.10 Å². The molecule has 0 aromatic heterocycles. The number of amides is 1. The van der Waals surface area contributed by atoms with E-state index >= 15 is 0 Å². The predicted molar refractivity (Wildman–Crippen MR) is 98.2 cm³/mol. The summed E-state index contributed by atoms with van der Waals surface area (Å²) < 4.78 is 48.1. The van der Waals surface area contributed by atoms with Crippen LogP contribution in [-0.4, -0.2) is 25.3 Å². The third-order valence-corrected chi connectivity index (χ3v) is 3.70. The van der Waals surface area contributed by atoms with Crippen LogP contribution in [0.25, 0.3) is 10.8 Å². The number of rotatable bonds is 7. The van der Waals surface area contributed by atoms with Gasteiger partial charge in [0.1, 0.15) is 17.3 Å². The quantitative estimate of drug-likeness (QED) is 0.490. The van der Waals surface area contributed by atoms with E-state index < -0.39 is 24.9 Å². The van der Waals surface area contributed by atoms with E-state index in [1.807, 2.05) is 12.1 Å². The van der Waals surface area contributed by atoms with Crippen molar-refractivity contribution < 1.29 is 27.4 Å². The van der Waals surface area contributed by atoms with Gasteiger partial charge in [0, 0.05) is 11.6 Å². The lowest BCUT2D eigenvalue weighted by molar-refractivity contribution is -0.123. The molecular weight excluding hydrogens is 373 g/mol. The summed E-state index contributed by atoms with van der Waals surface area (Å²) in [5, 5.41) is 5.22. The van der Waals surface area contributed by atoms with Gasteiger partial charge in [-0.15, -0.1) is 0 Å². The van der Waals surface area contributed by atoms with Gasteiger partial charge in [-0.05, 0) is 29.0 Å². The molecule has 0 heterocycles. The number of halogens is 3. The fourth-order valence-electron chi connectivity index (χ4n) is 2.51. The molecule has 0 atom stereocenters. The molecule has 0 radical (unpaired) electrons. The van der Waals surface area contributed by atoms with Crippen LogP contribution in [0.2, 0.25) is 0 Å². The topological polar surface area (TPSA) is 59.9 Å². The maximum absolute atomic E-state index is 13.1. The first-order chi connectivity index (χ1) is 13.5. The lowest BCUT2D eigenvalue weighted by atomic mass is 10.0. The average Bonchev–Trinajstić information content (AvgIpc) is 2.67. The van der Waals surface area contributed by atoms with Gasteiger partial charge in [-0.1, -0.05) is 36.4 Å². The molecule has 0 bridgehead atoms. The smallest absolute Gasteiger partial charge is 0.387 e. The molecule has 8 heteroatoms. The van der Waals surface area contributed by atoms with Crippen molar-refractivity contribution in [3.8, 4) is 11.5 Å². The van der Waals surface area contributed by atoms with Gasteiger partial charge in [0.15, 0.2) is 6.61 Å². The number of alkyl halides is 2. The maximum atomic E-state index is 13.1. The molecule has 0 aliphatic carbocycles. The van der Waals surface area contributed by atoms with E-state index in [-0.39, 0.29) is 11.5 Å². The van der Waals surface area contributed by atoms with Crippen molar-refractivity contribution in [3.63, 3.8) is 0 Å². The molecule has 3 rings (SSSR count). The molecule has 3 aromatic rings. The third-order valence-electron chi connectivity index (χ3n) is 3.70. The Labute approximate surface area is 158 Å². The lowest BCUT2D eigenvalue weighted by Crippen LogP contribution is -2.24. The zero-order chi connectivity index (χ0) is 19.9. The van der Waals surface area contributed by atoms with Gasteiger partial charge in [0.05, 0.1) is 6.21 Å². The van der Waals surface area contributed by atoms with E-state index in [1.165, 1.54) is 30.5 Å². The molecule has 144 valence electrons. The van der Waals surface area contributed by atoms with Gasteiger partial charge < -0.3 is 9.47 Å². The summed E-state index contributed by atoms with van der Waals surface area (Å²) in [5.74, 6) is -0.959. The fraction of sp³-hybridized carbons (Fsp3) is 0.100. The number of carbonyl (C=O) groups excluding carboxylic acids is 1. The Bertz CT molecular complexity index is 1010. The number of ether oxygens (including phenoxy) is 2. The zero-order valence-electron chi connectivity index (χ0n) is 14.4. The molecule has 0 aliphatic heterocycles. The largest absolute Gasteiger partial charge is 0.484 e. The highest BCUT2D eigenvalue weighted by atomic mass is 19.3. The van der Waals surface area contributed by atoms with E-state index in [9.17, 15) is 18.0 Å². The summed E-state index contributed by atoms with van der Waals surface area (Å²) >= 11 is 0. The molecule has 5 nitrogen and oxygen atoms in total. The molecule has 1 amide bonds. The Hall–Kier alpha value is -3.55. The summed E-state index contributed by atoms with van der Waals surface area (Å²) in [4.78, 5) is 11.8. The van der Waals surface area contributed by atoms with Crippen molar-refractivity contribution in [2.75, 3.05) is 6.61 Å². The molecule has 0 unspecified atom stereocenters. The molecule has 0 aliphatic rings. The Kier molecular flexibility index (Phi) is 6.11. The van der Waals surface area contributed by atoms with Gasteiger partial charge >= 0.3 is 6.61 Å². The van der Waals surface area contributed by atoms with Crippen LogP contribution in [0.4, 0.5) is 13.2 Å². The van der Waals surface area contributed by atoms with E-state index in [2.05, 4.69) is 15.3 Å². The minimum absolute atomic E-state index is 0.0669. The third kappa shape index (κ3) is 5.00. The van der Waals surface area contributed by atoms with E-state index in [0.717, 1.165) is 11.5 Å². The molecule has 28 heavy (non-hydrogen) atoms. The summed E-state index contributed by atoms with van der Waals surface area (Å²) in [6.07, 6.45) is 1.22. The lowest BCUT2D eigenvalue weighted by Gasteiger charge is -2.10. The van der Waals surface area contributed by atoms with E-state index in [4.69, 9.17) is 4.74 Å². The predicted octanol–water partition coefficient (Wildman–Crippen LogP) is 4.11. The first-order valence-corrected chi connectivity index (χ1v) is 8.20. The molecule has 0 saturated heterocycles. The summed E-state index contributed by atoms with van der Waals surface area (Å²) in [5.41, 5.74) is 2.53. The minimum Gasteiger partial charge on any atom is -0.484 e. The Morgan fingerprint density at radius 2 is 1.93 bits per heavy atom. The maximum Gasteiger partial charge on any atom is 0.387 e. The van der Waals surface area contributed by atoms with Crippen molar-refractivity contribution in [1.29, 1.82) is 0 Å². The van der Waals surface area contributed by atoms with E-state index in [0.29, 0.717) is 10.9 Å². The number of hydrogen-bond acceptors (Lipinski definition) is 4. The summed E-state index contributed by atoms with van der Waals surface area (Å²) in [7, 11) is 0. The Morgan fingerprint density at radius 1 is 1.11 bits per heavy atom. The highest BCUT2D eigenvalue weighted by Crippen LogP contribution is 2.27. The molecular formula is C20H15F3N2O3.